The van der Waals surface area contributed by atoms with Gasteiger partial charge in [0.1, 0.15) is 0 Å². The summed E-state index contributed by atoms with van der Waals surface area (Å²) in [4.78, 5) is 25.2. The summed E-state index contributed by atoms with van der Waals surface area (Å²) in [6, 6.07) is 16.4. The molecule has 2 aromatic carbocycles. The summed E-state index contributed by atoms with van der Waals surface area (Å²) in [5, 5.41) is 0. The van der Waals surface area contributed by atoms with Crippen LogP contribution in [-0.2, 0) is 11.2 Å². The lowest BCUT2D eigenvalue weighted by Gasteiger charge is -2.35. The molecular weight excluding hydrogens is 286 g/mol. The molecule has 1 heterocycles. The Hall–Kier alpha value is -2.13. The van der Waals surface area contributed by atoms with Gasteiger partial charge >= 0.3 is 0 Å². The van der Waals surface area contributed by atoms with Crippen molar-refractivity contribution in [1.29, 1.82) is 0 Å². The van der Waals surface area contributed by atoms with Crippen LogP contribution in [0.25, 0.3) is 0 Å². The summed E-state index contributed by atoms with van der Waals surface area (Å²) < 4.78 is 0. The number of nitrogens with zero attached hydrogens (tertiary/aromatic N) is 1. The van der Waals surface area contributed by atoms with Gasteiger partial charge in [-0.15, -0.1) is 0 Å². The Morgan fingerprint density at radius 1 is 1.00 bits per heavy atom. The first-order valence-electron chi connectivity index (χ1n) is 6.69. The molecule has 0 unspecified atom stereocenters. The van der Waals surface area contributed by atoms with Crippen LogP contribution in [-0.4, -0.2) is 23.6 Å². The lowest BCUT2D eigenvalue weighted by atomic mass is 9.85. The zero-order chi connectivity index (χ0) is 15.0. The van der Waals surface area contributed by atoms with Gasteiger partial charge < -0.3 is 4.90 Å². The quantitative estimate of drug-likeness (QED) is 0.631. The third kappa shape index (κ3) is 2.14. The topological polar surface area (TPSA) is 37.4 Å². The number of hydrogen-bond acceptors (Lipinski definition) is 2. The molecule has 0 spiro atoms. The number of benzene rings is 2. The molecule has 3 nitrogen and oxygen atoms in total. The first kappa shape index (κ1) is 13.8. The molecule has 1 atom stereocenters. The Labute approximate surface area is 128 Å². The Bertz CT molecular complexity index is 714. The van der Waals surface area contributed by atoms with Crippen molar-refractivity contribution in [3.8, 4) is 0 Å². The first-order valence-corrected chi connectivity index (χ1v) is 7.06. The van der Waals surface area contributed by atoms with Gasteiger partial charge in [-0.25, -0.2) is 0 Å². The predicted molar refractivity (Wildman–Crippen MR) is 82.9 cm³/mol. The summed E-state index contributed by atoms with van der Waals surface area (Å²) in [6.45, 7) is 0. The number of ketones is 1. The lowest BCUT2D eigenvalue weighted by Crippen LogP contribution is -2.54. The van der Waals surface area contributed by atoms with E-state index in [2.05, 4.69) is 0 Å². The van der Waals surface area contributed by atoms with Crippen molar-refractivity contribution in [3.05, 3.63) is 65.7 Å². The molecule has 0 bridgehead atoms. The highest BCUT2D eigenvalue weighted by Gasteiger charge is 2.50. The fourth-order valence-electron chi connectivity index (χ4n) is 2.68. The van der Waals surface area contributed by atoms with Crippen LogP contribution in [0.5, 0.6) is 0 Å². The predicted octanol–water partition coefficient (Wildman–Crippen LogP) is 3.07. The van der Waals surface area contributed by atoms with Crippen LogP contribution < -0.4 is 4.90 Å². The van der Waals surface area contributed by atoms with E-state index in [1.165, 1.54) is 4.90 Å². The molecule has 0 radical (unpaired) electrons. The molecule has 2 aromatic rings. The molecule has 21 heavy (non-hydrogen) atoms. The average molecular weight is 300 g/mol. The van der Waals surface area contributed by atoms with Gasteiger partial charge in [0.05, 0.1) is 5.69 Å². The molecule has 1 aliphatic rings. The number of alkyl halides is 1. The van der Waals surface area contributed by atoms with Crippen molar-refractivity contribution < 1.29 is 9.59 Å². The summed E-state index contributed by atoms with van der Waals surface area (Å²) in [6.07, 6.45) is 0.186. The first-order chi connectivity index (χ1) is 10.0. The van der Waals surface area contributed by atoms with Crippen LogP contribution in [0.1, 0.15) is 15.9 Å². The van der Waals surface area contributed by atoms with Crippen LogP contribution in [0.15, 0.2) is 54.6 Å². The average Bonchev–Trinajstić information content (AvgIpc) is 2.52. The molecule has 0 saturated heterocycles. The van der Waals surface area contributed by atoms with Gasteiger partial charge in [-0.3, -0.25) is 9.59 Å². The minimum absolute atomic E-state index is 0.186. The molecular formula is C17H14ClNO2. The number of carbonyl (C=O) groups is 2. The van der Waals surface area contributed by atoms with E-state index in [4.69, 9.17) is 11.6 Å². The highest BCUT2D eigenvalue weighted by atomic mass is 35.5. The van der Waals surface area contributed by atoms with Gasteiger partial charge in [0.25, 0.3) is 5.91 Å². The van der Waals surface area contributed by atoms with E-state index in [9.17, 15) is 9.59 Å². The molecule has 4 heteroatoms. The fraction of sp³-hybridized carbons (Fsp3) is 0.176. The lowest BCUT2D eigenvalue weighted by molar-refractivity contribution is -0.120. The molecule has 0 aromatic heterocycles. The van der Waals surface area contributed by atoms with E-state index >= 15 is 0 Å². The van der Waals surface area contributed by atoms with Crippen molar-refractivity contribution in [2.24, 2.45) is 0 Å². The molecule has 1 amide bonds. The maximum Gasteiger partial charge on any atom is 0.256 e. The Morgan fingerprint density at radius 3 is 2.33 bits per heavy atom. The Morgan fingerprint density at radius 2 is 1.62 bits per heavy atom. The van der Waals surface area contributed by atoms with Gasteiger partial charge in [0.2, 0.25) is 0 Å². The van der Waals surface area contributed by atoms with Gasteiger partial charge in [0, 0.05) is 19.0 Å². The van der Waals surface area contributed by atoms with Crippen LogP contribution >= 0.6 is 11.6 Å². The van der Waals surface area contributed by atoms with E-state index in [-0.39, 0.29) is 18.1 Å². The van der Waals surface area contributed by atoms with Crippen molar-refractivity contribution in [2.75, 3.05) is 11.9 Å². The van der Waals surface area contributed by atoms with Crippen LogP contribution in [0, 0.1) is 0 Å². The molecule has 0 fully saturated rings. The standard InChI is InChI=1S/C17H14ClNO2/c1-19-14-10-6-5-9-13(14)15(20)17(18,16(19)21)11-12-7-3-2-4-8-12/h2-10H,11H2,1H3/t17-/m1/s1. The van der Waals surface area contributed by atoms with Gasteiger partial charge in [-0.1, -0.05) is 54.1 Å². The van der Waals surface area contributed by atoms with Crippen molar-refractivity contribution in [2.45, 2.75) is 11.3 Å². The number of hydrogen-bond donors (Lipinski definition) is 0. The smallest absolute Gasteiger partial charge is 0.256 e. The summed E-state index contributed by atoms with van der Waals surface area (Å²) in [5.41, 5.74) is 1.96. The van der Waals surface area contributed by atoms with Crippen molar-refractivity contribution >= 4 is 29.0 Å². The minimum atomic E-state index is -1.57. The van der Waals surface area contributed by atoms with Gasteiger partial charge in [-0.2, -0.15) is 0 Å². The molecule has 1 aliphatic heterocycles. The number of rotatable bonds is 2. The van der Waals surface area contributed by atoms with Crippen LogP contribution in [0.4, 0.5) is 5.69 Å². The molecule has 0 saturated carbocycles. The molecule has 0 N–H and O–H groups in total. The maximum atomic E-state index is 12.7. The highest BCUT2D eigenvalue weighted by Crippen LogP contribution is 2.37. The normalized spacial score (nSPS) is 21.3. The Kier molecular flexibility index (Phi) is 3.30. The van der Waals surface area contributed by atoms with E-state index in [0.717, 1.165) is 5.56 Å². The number of anilines is 1. The Balaban J connectivity index is 2.07. The number of fused-ring (bicyclic) bond motifs is 1. The minimum Gasteiger partial charge on any atom is -0.313 e. The number of amides is 1. The monoisotopic (exact) mass is 299 g/mol. The van der Waals surface area contributed by atoms with E-state index in [0.29, 0.717) is 11.3 Å². The molecule has 0 aliphatic carbocycles. The number of carbonyl (C=O) groups excluding carboxylic acids is 2. The highest BCUT2D eigenvalue weighted by molar-refractivity contribution is 6.52. The van der Waals surface area contributed by atoms with Crippen molar-refractivity contribution in [3.63, 3.8) is 0 Å². The molecule has 106 valence electrons. The number of para-hydroxylation sites is 1. The molecule has 3 rings (SSSR count). The van der Waals surface area contributed by atoms with Gasteiger partial charge in [-0.05, 0) is 17.7 Å². The van der Waals surface area contributed by atoms with Gasteiger partial charge in [0.15, 0.2) is 10.7 Å². The SMILES string of the molecule is CN1C(=O)[C@@](Cl)(Cc2ccccc2)C(=O)c2ccccc21. The summed E-state index contributed by atoms with van der Waals surface area (Å²) >= 11 is 6.49. The second kappa shape index (κ2) is 5.01. The largest absolute Gasteiger partial charge is 0.313 e. The summed E-state index contributed by atoms with van der Waals surface area (Å²) in [5.74, 6) is -0.705. The van der Waals surface area contributed by atoms with Crippen LogP contribution in [0.3, 0.4) is 0 Å². The maximum absolute atomic E-state index is 12.7. The van der Waals surface area contributed by atoms with E-state index in [1.807, 2.05) is 30.3 Å². The van der Waals surface area contributed by atoms with Crippen molar-refractivity contribution in [1.82, 2.24) is 0 Å². The third-order valence-electron chi connectivity index (χ3n) is 3.80. The van der Waals surface area contributed by atoms with Crippen LogP contribution in [0.2, 0.25) is 0 Å². The zero-order valence-corrected chi connectivity index (χ0v) is 12.3. The fourth-order valence-corrected chi connectivity index (χ4v) is 3.06. The summed E-state index contributed by atoms with van der Waals surface area (Å²) in [7, 11) is 1.65. The third-order valence-corrected chi connectivity index (χ3v) is 4.27. The zero-order valence-electron chi connectivity index (χ0n) is 11.5. The van der Waals surface area contributed by atoms with E-state index in [1.54, 1.807) is 31.3 Å². The van der Waals surface area contributed by atoms with E-state index < -0.39 is 4.87 Å². The second-order valence-electron chi connectivity index (χ2n) is 5.17. The number of Topliss-reactive ketones (excluding diaryl/α,β-unsaturated/α-hetero) is 1. The second-order valence-corrected chi connectivity index (χ2v) is 5.82. The number of halogens is 1.